The first-order valence-corrected chi connectivity index (χ1v) is 10.7. The van der Waals surface area contributed by atoms with E-state index in [0.29, 0.717) is 24.3 Å². The zero-order valence-electron chi connectivity index (χ0n) is 15.0. The average Bonchev–Trinajstić information content (AvgIpc) is 2.61. The molecule has 0 aliphatic heterocycles. The van der Waals surface area contributed by atoms with E-state index in [1.807, 2.05) is 19.1 Å². The Hall–Kier alpha value is -1.89. The van der Waals surface area contributed by atoms with Crippen molar-refractivity contribution in [1.29, 1.82) is 0 Å². The molecule has 1 aliphatic rings. The number of benzene rings is 2. The summed E-state index contributed by atoms with van der Waals surface area (Å²) in [6.07, 6.45) is 2.63. The van der Waals surface area contributed by atoms with Gasteiger partial charge in [-0.25, -0.2) is 13.1 Å². The molecule has 5 nitrogen and oxygen atoms in total. The zero-order chi connectivity index (χ0) is 19.6. The average molecular weight is 408 g/mol. The third-order valence-corrected chi connectivity index (χ3v) is 6.79. The molecule has 7 heteroatoms. The van der Waals surface area contributed by atoms with E-state index in [1.54, 1.807) is 12.1 Å². The molecule has 1 atom stereocenters. The number of hydrogen-bond acceptors (Lipinski definition) is 3. The maximum atomic E-state index is 12.6. The van der Waals surface area contributed by atoms with Gasteiger partial charge in [-0.15, -0.1) is 0 Å². The number of aliphatic carboxylic acids is 1. The molecule has 27 heavy (non-hydrogen) atoms. The lowest BCUT2D eigenvalue weighted by Crippen LogP contribution is -2.39. The molecule has 1 unspecified atom stereocenters. The quantitative estimate of drug-likeness (QED) is 0.767. The van der Waals surface area contributed by atoms with Crippen molar-refractivity contribution < 1.29 is 18.3 Å². The Morgan fingerprint density at radius 1 is 1.22 bits per heavy atom. The van der Waals surface area contributed by atoms with Crippen LogP contribution in [-0.4, -0.2) is 25.5 Å². The zero-order valence-corrected chi connectivity index (χ0v) is 16.6. The molecule has 2 aromatic rings. The number of aryl methyl sites for hydroxylation is 1. The molecule has 0 saturated carbocycles. The van der Waals surface area contributed by atoms with E-state index in [0.717, 1.165) is 23.1 Å². The van der Waals surface area contributed by atoms with Crippen LogP contribution in [-0.2, 0) is 34.1 Å². The first-order chi connectivity index (χ1) is 12.8. The topological polar surface area (TPSA) is 83.5 Å². The van der Waals surface area contributed by atoms with Gasteiger partial charge in [-0.3, -0.25) is 4.79 Å². The molecular weight excluding hydrogens is 386 g/mol. The summed E-state index contributed by atoms with van der Waals surface area (Å²) < 4.78 is 28.0. The molecule has 0 spiro atoms. The van der Waals surface area contributed by atoms with Gasteiger partial charge in [0.15, 0.2) is 0 Å². The Balaban J connectivity index is 1.77. The number of carbonyl (C=O) groups is 1. The largest absolute Gasteiger partial charge is 0.481 e. The van der Waals surface area contributed by atoms with Crippen molar-refractivity contribution in [1.82, 2.24) is 4.72 Å². The molecule has 1 aliphatic carbocycles. The van der Waals surface area contributed by atoms with Crippen molar-refractivity contribution >= 4 is 27.6 Å². The van der Waals surface area contributed by atoms with Crippen LogP contribution in [0.2, 0.25) is 5.02 Å². The maximum Gasteiger partial charge on any atom is 0.303 e. The predicted octanol–water partition coefficient (Wildman–Crippen LogP) is 3.50. The van der Waals surface area contributed by atoms with Gasteiger partial charge in [0.1, 0.15) is 0 Å². The van der Waals surface area contributed by atoms with Gasteiger partial charge in [-0.1, -0.05) is 23.7 Å². The van der Waals surface area contributed by atoms with E-state index >= 15 is 0 Å². The van der Waals surface area contributed by atoms with Crippen LogP contribution in [0.4, 0.5) is 0 Å². The minimum Gasteiger partial charge on any atom is -0.481 e. The van der Waals surface area contributed by atoms with Gasteiger partial charge in [0.25, 0.3) is 0 Å². The normalized spacial score (nSPS) is 16.7. The van der Waals surface area contributed by atoms with Crippen LogP contribution in [0.15, 0.2) is 41.3 Å². The highest BCUT2D eigenvalue weighted by molar-refractivity contribution is 7.89. The third-order valence-electron chi connectivity index (χ3n) is 5.01. The van der Waals surface area contributed by atoms with Crippen molar-refractivity contribution in [3.8, 4) is 0 Å². The molecular formula is C20H22ClNO4S. The summed E-state index contributed by atoms with van der Waals surface area (Å²) >= 11 is 5.83. The second-order valence-corrected chi connectivity index (χ2v) is 9.06. The summed E-state index contributed by atoms with van der Waals surface area (Å²) in [6.45, 7) is 1.99. The summed E-state index contributed by atoms with van der Waals surface area (Å²) in [5.41, 5.74) is 4.46. The van der Waals surface area contributed by atoms with Crippen LogP contribution < -0.4 is 4.72 Å². The number of carboxylic acids is 1. The molecule has 0 radical (unpaired) electrons. The number of fused-ring (bicyclic) bond motifs is 1. The molecule has 0 saturated heterocycles. The highest BCUT2D eigenvalue weighted by Crippen LogP contribution is 2.29. The molecule has 0 bridgehead atoms. The van der Waals surface area contributed by atoms with E-state index in [4.69, 9.17) is 16.7 Å². The van der Waals surface area contributed by atoms with Gasteiger partial charge in [-0.2, -0.15) is 0 Å². The van der Waals surface area contributed by atoms with Crippen LogP contribution >= 0.6 is 11.6 Å². The third kappa shape index (κ3) is 4.69. The predicted molar refractivity (Wildman–Crippen MR) is 105 cm³/mol. The Labute approximate surface area is 164 Å². The van der Waals surface area contributed by atoms with E-state index < -0.39 is 16.0 Å². The van der Waals surface area contributed by atoms with Gasteiger partial charge in [0.05, 0.1) is 4.90 Å². The number of rotatable bonds is 6. The number of nitrogens with one attached hydrogen (secondary N) is 1. The molecule has 144 valence electrons. The van der Waals surface area contributed by atoms with Crippen molar-refractivity contribution in [2.45, 2.75) is 50.0 Å². The smallest absolute Gasteiger partial charge is 0.303 e. The number of sulfonamides is 1. The highest BCUT2D eigenvalue weighted by atomic mass is 35.5. The number of hydrogen-bond donors (Lipinski definition) is 2. The highest BCUT2D eigenvalue weighted by Gasteiger charge is 2.26. The van der Waals surface area contributed by atoms with Crippen molar-refractivity contribution in [2.24, 2.45) is 0 Å². The van der Waals surface area contributed by atoms with Gasteiger partial charge >= 0.3 is 5.97 Å². The standard InChI is InChI=1S/C20H22ClNO4S/c1-13-2-3-14-12-16(6-9-19(14)18(13)10-11-20(23)24)22-27(25,26)17-7-4-15(21)5-8-17/h2-5,7-8,16,22H,6,9-12H2,1H3,(H,23,24). The Morgan fingerprint density at radius 2 is 1.93 bits per heavy atom. The lowest BCUT2D eigenvalue weighted by atomic mass is 9.83. The van der Waals surface area contributed by atoms with Gasteiger partial charge < -0.3 is 5.11 Å². The fourth-order valence-electron chi connectivity index (χ4n) is 3.63. The molecule has 0 fully saturated rings. The Morgan fingerprint density at radius 3 is 2.59 bits per heavy atom. The van der Waals surface area contributed by atoms with Gasteiger partial charge in [-0.05, 0) is 79.1 Å². The molecule has 0 heterocycles. The van der Waals surface area contributed by atoms with Crippen molar-refractivity contribution in [3.63, 3.8) is 0 Å². The number of halogens is 1. The fourth-order valence-corrected chi connectivity index (χ4v) is 5.03. The van der Waals surface area contributed by atoms with E-state index in [1.165, 1.54) is 17.7 Å². The monoisotopic (exact) mass is 407 g/mol. The maximum absolute atomic E-state index is 12.6. The van der Waals surface area contributed by atoms with Crippen LogP contribution in [0.1, 0.15) is 35.1 Å². The van der Waals surface area contributed by atoms with Gasteiger partial charge in [0.2, 0.25) is 10.0 Å². The number of carboxylic acid groups (broad SMARTS) is 1. The summed E-state index contributed by atoms with van der Waals surface area (Å²) in [7, 11) is -3.61. The van der Waals surface area contributed by atoms with Crippen LogP contribution in [0.3, 0.4) is 0 Å². The Kier molecular flexibility index (Phi) is 5.89. The molecule has 3 rings (SSSR count). The SMILES string of the molecule is Cc1ccc2c(c1CCC(=O)O)CCC(NS(=O)(=O)c1ccc(Cl)cc1)C2. The van der Waals surface area contributed by atoms with Crippen LogP contribution in [0.25, 0.3) is 0 Å². The summed E-state index contributed by atoms with van der Waals surface area (Å²) in [5.74, 6) is -0.809. The van der Waals surface area contributed by atoms with E-state index in [2.05, 4.69) is 4.72 Å². The summed E-state index contributed by atoms with van der Waals surface area (Å²) in [4.78, 5) is 11.1. The van der Waals surface area contributed by atoms with E-state index in [-0.39, 0.29) is 17.4 Å². The first-order valence-electron chi connectivity index (χ1n) is 8.86. The van der Waals surface area contributed by atoms with Gasteiger partial charge in [0, 0.05) is 17.5 Å². The minimum atomic E-state index is -3.61. The van der Waals surface area contributed by atoms with Crippen LogP contribution in [0.5, 0.6) is 0 Å². The molecule has 2 N–H and O–H groups in total. The summed E-state index contributed by atoms with van der Waals surface area (Å²) in [6, 6.07) is 9.94. The first kappa shape index (κ1) is 19.9. The second kappa shape index (κ2) is 8.00. The van der Waals surface area contributed by atoms with Crippen molar-refractivity contribution in [2.75, 3.05) is 0 Å². The fraction of sp³-hybridized carbons (Fsp3) is 0.350. The minimum absolute atomic E-state index is 0.101. The van der Waals surface area contributed by atoms with Crippen molar-refractivity contribution in [3.05, 3.63) is 63.7 Å². The molecule has 0 amide bonds. The lowest BCUT2D eigenvalue weighted by molar-refractivity contribution is -0.136. The second-order valence-electron chi connectivity index (χ2n) is 6.91. The van der Waals surface area contributed by atoms with Crippen LogP contribution in [0, 0.1) is 6.92 Å². The van der Waals surface area contributed by atoms with E-state index in [9.17, 15) is 13.2 Å². The molecule has 2 aromatic carbocycles. The molecule has 0 aromatic heterocycles. The Bertz CT molecular complexity index is 955. The lowest BCUT2D eigenvalue weighted by Gasteiger charge is -2.28. The summed E-state index contributed by atoms with van der Waals surface area (Å²) in [5, 5.41) is 9.47.